The largest absolute Gasteiger partial charge is 0.493 e. The van der Waals surface area contributed by atoms with Crippen LogP contribution >= 0.6 is 11.9 Å². The Balaban J connectivity index is 1.82. The van der Waals surface area contributed by atoms with Crippen LogP contribution in [0.2, 0.25) is 0 Å². The Bertz CT molecular complexity index is 822. The zero-order chi connectivity index (χ0) is 23.9. The first-order chi connectivity index (χ1) is 16.0. The first-order valence-electron chi connectivity index (χ1n) is 12.4. The van der Waals surface area contributed by atoms with E-state index in [1.54, 1.807) is 11.9 Å². The maximum absolute atomic E-state index is 12.8. The standard InChI is InChI=1S/C27H41N3O2S/c1-5-8-9-10-13-22-32-26-15-12-11-14-25(26)27(31)29-23-16-18-24(19-17-23)33-28-20-21-30(4,6-2)7-3/h11-12,14-19,28H,5-10,13,20-22H2,1-4H3/p+1. The summed E-state index contributed by atoms with van der Waals surface area (Å²) < 4.78 is 10.4. The second kappa shape index (κ2) is 15.0. The number of hydrogen-bond donors (Lipinski definition) is 2. The van der Waals surface area contributed by atoms with Crippen molar-refractivity contribution in [2.45, 2.75) is 57.8 Å². The molecule has 6 heteroatoms. The lowest BCUT2D eigenvalue weighted by Crippen LogP contribution is -2.46. The average Bonchev–Trinajstić information content (AvgIpc) is 2.85. The molecule has 0 aliphatic rings. The first kappa shape index (κ1) is 27.2. The molecule has 33 heavy (non-hydrogen) atoms. The van der Waals surface area contributed by atoms with Crippen LogP contribution in [0, 0.1) is 0 Å². The first-order valence-corrected chi connectivity index (χ1v) is 13.2. The van der Waals surface area contributed by atoms with Gasteiger partial charge in [-0.05, 0) is 68.6 Å². The Morgan fingerprint density at radius 1 is 0.939 bits per heavy atom. The van der Waals surface area contributed by atoms with Gasteiger partial charge in [0.05, 0.1) is 45.4 Å². The minimum atomic E-state index is -0.147. The van der Waals surface area contributed by atoms with Crippen molar-refractivity contribution in [2.75, 3.05) is 45.2 Å². The number of nitrogens with zero attached hydrogens (tertiary/aromatic N) is 1. The summed E-state index contributed by atoms with van der Waals surface area (Å²) in [6, 6.07) is 15.4. The molecule has 0 spiro atoms. The van der Waals surface area contributed by atoms with Crippen molar-refractivity contribution in [1.82, 2.24) is 4.72 Å². The van der Waals surface area contributed by atoms with Gasteiger partial charge in [0, 0.05) is 10.6 Å². The molecule has 1 amide bonds. The van der Waals surface area contributed by atoms with Crippen molar-refractivity contribution in [1.29, 1.82) is 0 Å². The molecule has 0 aliphatic carbocycles. The number of anilines is 1. The van der Waals surface area contributed by atoms with Crippen LogP contribution in [-0.2, 0) is 0 Å². The summed E-state index contributed by atoms with van der Waals surface area (Å²) >= 11 is 1.63. The number of carbonyl (C=O) groups excluding carboxylic acids is 1. The molecule has 0 heterocycles. The number of quaternary nitrogens is 1. The van der Waals surface area contributed by atoms with Crippen molar-refractivity contribution in [3.63, 3.8) is 0 Å². The number of unbranched alkanes of at least 4 members (excludes halogenated alkanes) is 4. The normalized spacial score (nSPS) is 11.4. The Morgan fingerprint density at radius 3 is 2.33 bits per heavy atom. The average molecular weight is 473 g/mol. The lowest BCUT2D eigenvalue weighted by atomic mass is 10.1. The summed E-state index contributed by atoms with van der Waals surface area (Å²) in [6.07, 6.45) is 5.91. The van der Waals surface area contributed by atoms with Crippen LogP contribution < -0.4 is 14.8 Å². The molecular weight excluding hydrogens is 430 g/mol. The molecule has 0 unspecified atom stereocenters. The van der Waals surface area contributed by atoms with Crippen LogP contribution in [0.5, 0.6) is 5.75 Å². The van der Waals surface area contributed by atoms with Gasteiger partial charge in [0.1, 0.15) is 5.75 Å². The van der Waals surface area contributed by atoms with E-state index >= 15 is 0 Å². The Morgan fingerprint density at radius 2 is 1.64 bits per heavy atom. The third-order valence-corrected chi connectivity index (χ3v) is 7.08. The second-order valence-electron chi connectivity index (χ2n) is 8.71. The molecule has 0 atom stereocenters. The minimum Gasteiger partial charge on any atom is -0.493 e. The topological polar surface area (TPSA) is 50.4 Å². The third-order valence-electron chi connectivity index (χ3n) is 6.22. The SMILES string of the molecule is CCCCCCCOc1ccccc1C(=O)Nc1ccc(SNCC[N+](C)(CC)CC)cc1. The summed E-state index contributed by atoms with van der Waals surface area (Å²) in [5.41, 5.74) is 1.35. The summed E-state index contributed by atoms with van der Waals surface area (Å²) in [4.78, 5) is 14.0. The predicted molar refractivity (Wildman–Crippen MR) is 141 cm³/mol. The highest BCUT2D eigenvalue weighted by atomic mass is 32.2. The molecular formula is C27H42N3O2S+. The van der Waals surface area contributed by atoms with Gasteiger partial charge in [0.25, 0.3) is 5.91 Å². The van der Waals surface area contributed by atoms with Crippen LogP contribution in [0.1, 0.15) is 63.2 Å². The highest BCUT2D eigenvalue weighted by Crippen LogP contribution is 2.22. The fourth-order valence-electron chi connectivity index (χ4n) is 3.46. The van der Waals surface area contributed by atoms with Crippen molar-refractivity contribution >= 4 is 23.5 Å². The number of amides is 1. The molecule has 182 valence electrons. The van der Waals surface area contributed by atoms with E-state index < -0.39 is 0 Å². The smallest absolute Gasteiger partial charge is 0.259 e. The highest BCUT2D eigenvalue weighted by Gasteiger charge is 2.15. The van der Waals surface area contributed by atoms with E-state index in [1.165, 1.54) is 19.3 Å². The van der Waals surface area contributed by atoms with Crippen molar-refractivity contribution in [3.05, 3.63) is 54.1 Å². The highest BCUT2D eigenvalue weighted by molar-refractivity contribution is 7.97. The van der Waals surface area contributed by atoms with Crippen LogP contribution in [0.4, 0.5) is 5.69 Å². The number of rotatable bonds is 16. The molecule has 0 saturated carbocycles. The van der Waals surface area contributed by atoms with E-state index in [4.69, 9.17) is 4.74 Å². The van der Waals surface area contributed by atoms with Gasteiger partial charge in [0.15, 0.2) is 0 Å². The Labute approximate surface area is 205 Å². The number of benzene rings is 2. The number of ether oxygens (including phenoxy) is 1. The molecule has 5 nitrogen and oxygen atoms in total. The van der Waals surface area contributed by atoms with Gasteiger partial charge in [-0.15, -0.1) is 0 Å². The molecule has 0 radical (unpaired) electrons. The summed E-state index contributed by atoms with van der Waals surface area (Å²) in [7, 11) is 2.29. The van der Waals surface area contributed by atoms with Gasteiger partial charge in [-0.1, -0.05) is 44.7 Å². The minimum absolute atomic E-state index is 0.147. The third kappa shape index (κ3) is 9.78. The van der Waals surface area contributed by atoms with Crippen LogP contribution in [0.25, 0.3) is 0 Å². The summed E-state index contributed by atoms with van der Waals surface area (Å²) in [5, 5.41) is 3.00. The van der Waals surface area contributed by atoms with E-state index in [2.05, 4.69) is 37.9 Å². The molecule has 0 aliphatic heterocycles. The van der Waals surface area contributed by atoms with Gasteiger partial charge in [0.2, 0.25) is 0 Å². The molecule has 2 aromatic rings. The van der Waals surface area contributed by atoms with Crippen molar-refractivity contribution < 1.29 is 14.0 Å². The van der Waals surface area contributed by atoms with Crippen molar-refractivity contribution in [2.24, 2.45) is 0 Å². The van der Waals surface area contributed by atoms with Crippen molar-refractivity contribution in [3.8, 4) is 5.75 Å². The number of carbonyl (C=O) groups is 1. The van der Waals surface area contributed by atoms with Gasteiger partial charge in [-0.2, -0.15) is 0 Å². The summed E-state index contributed by atoms with van der Waals surface area (Å²) in [5.74, 6) is 0.498. The number of likely N-dealkylation sites (N-methyl/N-ethyl adjacent to an activating group) is 1. The predicted octanol–water partition coefficient (Wildman–Crippen LogP) is 6.37. The number of para-hydroxylation sites is 1. The molecule has 0 aromatic heterocycles. The van der Waals surface area contributed by atoms with Crippen LogP contribution in [0.15, 0.2) is 53.4 Å². The molecule has 0 bridgehead atoms. The maximum Gasteiger partial charge on any atom is 0.259 e. The zero-order valence-electron chi connectivity index (χ0n) is 20.9. The second-order valence-corrected chi connectivity index (χ2v) is 9.67. The number of hydrogen-bond acceptors (Lipinski definition) is 4. The molecule has 2 N–H and O–H groups in total. The Hall–Kier alpha value is -2.02. The van der Waals surface area contributed by atoms with E-state index in [-0.39, 0.29) is 5.91 Å². The van der Waals surface area contributed by atoms with Gasteiger partial charge >= 0.3 is 0 Å². The summed E-state index contributed by atoms with van der Waals surface area (Å²) in [6.45, 7) is 11.7. The van der Waals surface area contributed by atoms with Gasteiger partial charge < -0.3 is 14.5 Å². The zero-order valence-corrected chi connectivity index (χ0v) is 21.7. The van der Waals surface area contributed by atoms with Crippen LogP contribution in [-0.4, -0.2) is 50.2 Å². The lowest BCUT2D eigenvalue weighted by Gasteiger charge is -2.32. The molecule has 2 aromatic carbocycles. The fraction of sp³-hybridized carbons (Fsp3) is 0.519. The number of nitrogens with one attached hydrogen (secondary N) is 2. The van der Waals surface area contributed by atoms with Gasteiger partial charge in [-0.25, -0.2) is 0 Å². The monoisotopic (exact) mass is 472 g/mol. The van der Waals surface area contributed by atoms with Gasteiger partial charge in [-0.3, -0.25) is 9.52 Å². The lowest BCUT2D eigenvalue weighted by molar-refractivity contribution is -0.904. The van der Waals surface area contributed by atoms with E-state index in [0.717, 1.165) is 54.1 Å². The van der Waals surface area contributed by atoms with E-state index in [9.17, 15) is 4.79 Å². The Kier molecular flexibility index (Phi) is 12.4. The molecule has 0 saturated heterocycles. The fourth-order valence-corrected chi connectivity index (χ4v) is 4.09. The van der Waals surface area contributed by atoms with E-state index in [0.29, 0.717) is 17.9 Å². The molecule has 0 fully saturated rings. The molecule has 2 rings (SSSR count). The quantitative estimate of drug-likeness (QED) is 0.169. The van der Waals surface area contributed by atoms with E-state index in [1.807, 2.05) is 48.5 Å². The maximum atomic E-state index is 12.8. The van der Waals surface area contributed by atoms with Crippen LogP contribution in [0.3, 0.4) is 0 Å².